The minimum absolute atomic E-state index is 0.882. The quantitative estimate of drug-likeness (QED) is 0.649. The molecule has 0 unspecified atom stereocenters. The Hall–Kier alpha value is -2.01. The average molecular weight is 168 g/mol. The summed E-state index contributed by atoms with van der Waals surface area (Å²) in [6, 6.07) is 7.78. The molecule has 0 aliphatic heterocycles. The van der Waals surface area contributed by atoms with Crippen molar-refractivity contribution >= 4 is 0 Å². The van der Waals surface area contributed by atoms with Gasteiger partial charge in [0.1, 0.15) is 0 Å². The molecule has 0 aliphatic carbocycles. The summed E-state index contributed by atoms with van der Waals surface area (Å²) in [6.45, 7) is 0. The second kappa shape index (κ2) is 3.16. The van der Waals surface area contributed by atoms with E-state index in [2.05, 4.69) is 15.9 Å². The van der Waals surface area contributed by atoms with Crippen LogP contribution in [-0.2, 0) is 0 Å². The monoisotopic (exact) mass is 168 g/mol. The van der Waals surface area contributed by atoms with Crippen LogP contribution in [0, 0.1) is 12.3 Å². The molecule has 1 heterocycles. The van der Waals surface area contributed by atoms with Crippen LogP contribution in [0.3, 0.4) is 0 Å². The van der Waals surface area contributed by atoms with Crippen LogP contribution in [0.25, 0.3) is 11.3 Å². The first-order valence-corrected chi connectivity index (χ1v) is 3.95. The number of aromatic amines is 1. The van der Waals surface area contributed by atoms with Crippen LogP contribution >= 0.6 is 0 Å². The molecule has 2 heteroatoms. The van der Waals surface area contributed by atoms with E-state index >= 15 is 0 Å². The molecule has 1 N–H and O–H groups in total. The van der Waals surface area contributed by atoms with Crippen LogP contribution in [0.15, 0.2) is 36.8 Å². The molecular formula is C11H8N2. The van der Waals surface area contributed by atoms with Gasteiger partial charge in [-0.25, -0.2) is 4.98 Å². The number of benzene rings is 1. The fourth-order valence-electron chi connectivity index (χ4n) is 1.19. The Kier molecular flexibility index (Phi) is 1.85. The normalized spacial score (nSPS) is 9.46. The molecule has 0 radical (unpaired) electrons. The Morgan fingerprint density at radius 2 is 2.31 bits per heavy atom. The molecule has 1 aromatic carbocycles. The summed E-state index contributed by atoms with van der Waals surface area (Å²) in [5.74, 6) is 2.60. The third-order valence-electron chi connectivity index (χ3n) is 1.84. The van der Waals surface area contributed by atoms with Gasteiger partial charge in [-0.15, -0.1) is 6.42 Å². The van der Waals surface area contributed by atoms with Crippen LogP contribution in [0.2, 0.25) is 0 Å². The van der Waals surface area contributed by atoms with Crippen molar-refractivity contribution in [1.29, 1.82) is 0 Å². The molecule has 0 fully saturated rings. The van der Waals surface area contributed by atoms with Gasteiger partial charge in [0, 0.05) is 11.1 Å². The number of aromatic nitrogens is 2. The molecular weight excluding hydrogens is 160 g/mol. The number of hydrogen-bond acceptors (Lipinski definition) is 1. The summed E-state index contributed by atoms with van der Waals surface area (Å²) in [7, 11) is 0. The molecule has 1 aromatic heterocycles. The van der Waals surface area contributed by atoms with Crippen molar-refractivity contribution < 1.29 is 0 Å². The maximum atomic E-state index is 5.30. The summed E-state index contributed by atoms with van der Waals surface area (Å²) in [4.78, 5) is 6.97. The summed E-state index contributed by atoms with van der Waals surface area (Å²) in [6.07, 6.45) is 8.72. The number of rotatable bonds is 1. The summed E-state index contributed by atoms with van der Waals surface area (Å²) < 4.78 is 0. The highest BCUT2D eigenvalue weighted by molar-refractivity contribution is 5.60. The standard InChI is InChI=1S/C11H8N2/c1-2-9-4-3-5-10(6-9)11-7-12-8-13-11/h1,3-8H,(H,12,13). The number of terminal acetylenes is 1. The molecule has 13 heavy (non-hydrogen) atoms. The van der Waals surface area contributed by atoms with Gasteiger partial charge in [0.15, 0.2) is 0 Å². The van der Waals surface area contributed by atoms with E-state index in [0.717, 1.165) is 16.8 Å². The van der Waals surface area contributed by atoms with Crippen molar-refractivity contribution in [3.05, 3.63) is 42.4 Å². The first-order chi connectivity index (χ1) is 6.40. The van der Waals surface area contributed by atoms with Crippen molar-refractivity contribution in [3.8, 4) is 23.6 Å². The van der Waals surface area contributed by atoms with Gasteiger partial charge in [0.05, 0.1) is 18.2 Å². The second-order valence-electron chi connectivity index (χ2n) is 2.69. The van der Waals surface area contributed by atoms with Crippen LogP contribution < -0.4 is 0 Å². The van der Waals surface area contributed by atoms with E-state index in [0.29, 0.717) is 0 Å². The lowest BCUT2D eigenvalue weighted by Gasteiger charge is -1.97. The van der Waals surface area contributed by atoms with Gasteiger partial charge in [-0.3, -0.25) is 0 Å². The molecule has 2 nitrogen and oxygen atoms in total. The molecule has 0 saturated heterocycles. The van der Waals surface area contributed by atoms with Crippen molar-refractivity contribution in [3.63, 3.8) is 0 Å². The lowest BCUT2D eigenvalue weighted by molar-refractivity contribution is 1.31. The van der Waals surface area contributed by atoms with Gasteiger partial charge >= 0.3 is 0 Å². The zero-order valence-electron chi connectivity index (χ0n) is 6.99. The largest absolute Gasteiger partial charge is 0.345 e. The molecule has 0 atom stereocenters. The number of hydrogen-bond donors (Lipinski definition) is 1. The number of imidazole rings is 1. The van der Waals surface area contributed by atoms with Crippen molar-refractivity contribution in [2.75, 3.05) is 0 Å². The number of nitrogens with zero attached hydrogens (tertiary/aromatic N) is 1. The maximum absolute atomic E-state index is 5.30. The Morgan fingerprint density at radius 1 is 1.38 bits per heavy atom. The molecule has 2 rings (SSSR count). The zero-order chi connectivity index (χ0) is 9.10. The molecule has 62 valence electrons. The predicted molar refractivity (Wildman–Crippen MR) is 52.0 cm³/mol. The predicted octanol–water partition coefficient (Wildman–Crippen LogP) is 2.06. The molecule has 0 aliphatic rings. The highest BCUT2D eigenvalue weighted by Crippen LogP contribution is 2.16. The van der Waals surface area contributed by atoms with Gasteiger partial charge in [-0.1, -0.05) is 18.1 Å². The Morgan fingerprint density at radius 3 is 3.00 bits per heavy atom. The Labute approximate surface area is 76.6 Å². The molecule has 0 amide bonds. The van der Waals surface area contributed by atoms with Gasteiger partial charge in [-0.05, 0) is 12.1 Å². The van der Waals surface area contributed by atoms with Crippen molar-refractivity contribution in [2.45, 2.75) is 0 Å². The van der Waals surface area contributed by atoms with Crippen LogP contribution in [0.1, 0.15) is 5.56 Å². The van der Waals surface area contributed by atoms with E-state index in [1.807, 2.05) is 24.3 Å². The molecule has 0 saturated carbocycles. The molecule has 0 spiro atoms. The van der Waals surface area contributed by atoms with E-state index < -0.39 is 0 Å². The maximum Gasteiger partial charge on any atom is 0.0924 e. The van der Waals surface area contributed by atoms with E-state index in [9.17, 15) is 0 Å². The zero-order valence-corrected chi connectivity index (χ0v) is 6.99. The third kappa shape index (κ3) is 1.45. The summed E-state index contributed by atoms with van der Waals surface area (Å²) in [5.41, 5.74) is 2.93. The molecule has 2 aromatic rings. The minimum atomic E-state index is 0.882. The topological polar surface area (TPSA) is 28.7 Å². The number of nitrogens with one attached hydrogen (secondary N) is 1. The first-order valence-electron chi connectivity index (χ1n) is 3.95. The highest BCUT2D eigenvalue weighted by Gasteiger charge is 1.97. The Balaban J connectivity index is 2.49. The fourth-order valence-corrected chi connectivity index (χ4v) is 1.19. The van der Waals surface area contributed by atoms with Crippen molar-refractivity contribution in [2.24, 2.45) is 0 Å². The second-order valence-corrected chi connectivity index (χ2v) is 2.69. The van der Waals surface area contributed by atoms with Crippen LogP contribution in [0.4, 0.5) is 0 Å². The lowest BCUT2D eigenvalue weighted by atomic mass is 10.1. The summed E-state index contributed by atoms with van der Waals surface area (Å²) in [5, 5.41) is 0. The SMILES string of the molecule is C#Cc1cccc(-c2cnc[nH]2)c1. The van der Waals surface area contributed by atoms with Gasteiger partial charge < -0.3 is 4.98 Å². The Bertz CT molecular complexity index is 435. The highest BCUT2D eigenvalue weighted by atomic mass is 14.9. The number of H-pyrrole nitrogens is 1. The fraction of sp³-hybridized carbons (Fsp3) is 0. The smallest absolute Gasteiger partial charge is 0.0924 e. The van der Waals surface area contributed by atoms with E-state index in [4.69, 9.17) is 6.42 Å². The van der Waals surface area contributed by atoms with Gasteiger partial charge in [-0.2, -0.15) is 0 Å². The average Bonchev–Trinajstić information content (AvgIpc) is 2.71. The third-order valence-corrected chi connectivity index (χ3v) is 1.84. The van der Waals surface area contributed by atoms with Crippen LogP contribution in [0.5, 0.6) is 0 Å². The molecule has 0 bridgehead atoms. The van der Waals surface area contributed by atoms with Crippen molar-refractivity contribution in [1.82, 2.24) is 9.97 Å². The summed E-state index contributed by atoms with van der Waals surface area (Å²) >= 11 is 0. The van der Waals surface area contributed by atoms with Gasteiger partial charge in [0.2, 0.25) is 0 Å². The lowest BCUT2D eigenvalue weighted by Crippen LogP contribution is -1.78. The van der Waals surface area contributed by atoms with E-state index in [-0.39, 0.29) is 0 Å². The minimum Gasteiger partial charge on any atom is -0.345 e. The van der Waals surface area contributed by atoms with E-state index in [1.165, 1.54) is 0 Å². The first kappa shape index (κ1) is 7.63. The van der Waals surface area contributed by atoms with Gasteiger partial charge in [0.25, 0.3) is 0 Å². The van der Waals surface area contributed by atoms with Crippen LogP contribution in [-0.4, -0.2) is 9.97 Å². The van der Waals surface area contributed by atoms with E-state index in [1.54, 1.807) is 12.5 Å².